The highest BCUT2D eigenvalue weighted by Gasteiger charge is 2.40. The van der Waals surface area contributed by atoms with E-state index in [2.05, 4.69) is 5.32 Å². The molecule has 1 saturated heterocycles. The second-order valence-electron chi connectivity index (χ2n) is 7.04. The summed E-state index contributed by atoms with van der Waals surface area (Å²) in [5.74, 6) is -2.43. The van der Waals surface area contributed by atoms with Crippen LogP contribution in [0.3, 0.4) is 0 Å². The summed E-state index contributed by atoms with van der Waals surface area (Å²) in [4.78, 5) is 51.0. The van der Waals surface area contributed by atoms with E-state index < -0.39 is 29.4 Å². The fraction of sp³-hybridized carbons (Fsp3) is 0.789. The Hall–Kier alpha value is -2.24. The van der Waals surface area contributed by atoms with Crippen molar-refractivity contribution >= 4 is 23.9 Å². The molecule has 0 atom stereocenters. The number of nitrogens with one attached hydrogen (secondary N) is 1. The van der Waals surface area contributed by atoms with Crippen LogP contribution in [0, 0.1) is 0 Å². The van der Waals surface area contributed by atoms with Crippen LogP contribution in [0.5, 0.6) is 0 Å². The topological polar surface area (TPSA) is 135 Å². The minimum Gasteiger partial charge on any atom is -0.481 e. The first-order valence-corrected chi connectivity index (χ1v) is 10.1. The first kappa shape index (κ1) is 25.8. The molecule has 0 bridgehead atoms. The molecule has 0 saturated carbocycles. The van der Waals surface area contributed by atoms with Crippen molar-refractivity contribution in [2.75, 3.05) is 65.6 Å². The quantitative estimate of drug-likeness (QED) is 0.294. The molecule has 1 aliphatic rings. The van der Waals surface area contributed by atoms with E-state index in [9.17, 15) is 24.3 Å². The van der Waals surface area contributed by atoms with Crippen LogP contribution in [0.2, 0.25) is 0 Å². The Morgan fingerprint density at radius 3 is 1.67 bits per heavy atom. The Morgan fingerprint density at radius 1 is 0.833 bits per heavy atom. The Balaban J connectivity index is 3.07. The van der Waals surface area contributed by atoms with E-state index in [1.54, 1.807) is 30.6 Å². The first-order valence-electron chi connectivity index (χ1n) is 10.1. The molecule has 0 aromatic rings. The minimum atomic E-state index is -1.09. The summed E-state index contributed by atoms with van der Waals surface area (Å²) >= 11 is 0. The van der Waals surface area contributed by atoms with Crippen molar-refractivity contribution in [1.82, 2.24) is 15.1 Å². The van der Waals surface area contributed by atoms with Crippen LogP contribution in [-0.2, 0) is 33.4 Å². The number of carboxylic acids is 1. The average Bonchev–Trinajstić information content (AvgIpc) is 2.80. The van der Waals surface area contributed by atoms with Crippen molar-refractivity contribution in [1.29, 1.82) is 0 Å². The molecule has 1 fully saturated rings. The van der Waals surface area contributed by atoms with Gasteiger partial charge in [0.1, 0.15) is 0 Å². The second-order valence-corrected chi connectivity index (χ2v) is 7.04. The van der Waals surface area contributed by atoms with Crippen LogP contribution in [0.4, 0.5) is 0 Å². The molecule has 2 N–H and O–H groups in total. The van der Waals surface area contributed by atoms with Crippen molar-refractivity contribution in [3.63, 3.8) is 0 Å². The highest BCUT2D eigenvalue weighted by atomic mass is 16.5. The van der Waals surface area contributed by atoms with Crippen LogP contribution in [0.25, 0.3) is 0 Å². The summed E-state index contributed by atoms with van der Waals surface area (Å²) in [5.41, 5.74) is -1.09. The van der Waals surface area contributed by atoms with Gasteiger partial charge in [-0.15, -0.1) is 0 Å². The predicted molar refractivity (Wildman–Crippen MR) is 106 cm³/mol. The molecule has 30 heavy (non-hydrogen) atoms. The van der Waals surface area contributed by atoms with Crippen molar-refractivity contribution in [2.24, 2.45) is 0 Å². The minimum absolute atomic E-state index is 0.0243. The summed E-state index contributed by atoms with van der Waals surface area (Å²) in [5, 5.41) is 12.5. The highest BCUT2D eigenvalue weighted by Crippen LogP contribution is 2.19. The molecule has 1 heterocycles. The van der Waals surface area contributed by atoms with Gasteiger partial charge in [-0.2, -0.15) is 0 Å². The lowest BCUT2D eigenvalue weighted by molar-refractivity contribution is -0.146. The van der Waals surface area contributed by atoms with Gasteiger partial charge in [-0.3, -0.25) is 34.3 Å². The SMILES string of the molecule is CCOC(=O)CNC1(CC(=O)O)CN(CC(=O)OCC)CCN(CC(=O)OCC)C1. The zero-order chi connectivity index (χ0) is 22.6. The number of esters is 3. The third-order valence-corrected chi connectivity index (χ3v) is 4.50. The van der Waals surface area contributed by atoms with Gasteiger partial charge in [0.15, 0.2) is 0 Å². The monoisotopic (exact) mass is 431 g/mol. The van der Waals surface area contributed by atoms with Crippen molar-refractivity contribution in [3.8, 4) is 0 Å². The number of carbonyl (C=O) groups excluding carboxylic acids is 3. The molecule has 1 rings (SSSR count). The van der Waals surface area contributed by atoms with Gasteiger partial charge in [0.2, 0.25) is 0 Å². The molecule has 11 heteroatoms. The fourth-order valence-corrected chi connectivity index (χ4v) is 3.44. The normalized spacial score (nSPS) is 17.0. The summed E-state index contributed by atoms with van der Waals surface area (Å²) < 4.78 is 15.0. The largest absolute Gasteiger partial charge is 0.481 e. The number of carbonyl (C=O) groups is 4. The van der Waals surface area contributed by atoms with Crippen molar-refractivity contribution in [3.05, 3.63) is 0 Å². The maximum absolute atomic E-state index is 12.0. The van der Waals surface area contributed by atoms with E-state index in [1.807, 2.05) is 0 Å². The van der Waals surface area contributed by atoms with E-state index in [0.29, 0.717) is 13.1 Å². The van der Waals surface area contributed by atoms with E-state index in [-0.39, 0.29) is 59.0 Å². The Kier molecular flexibility index (Phi) is 11.3. The van der Waals surface area contributed by atoms with Crippen molar-refractivity contribution in [2.45, 2.75) is 32.7 Å². The van der Waals surface area contributed by atoms with Gasteiger partial charge in [0, 0.05) is 26.2 Å². The molecule has 0 spiro atoms. The third-order valence-electron chi connectivity index (χ3n) is 4.50. The summed E-state index contributed by atoms with van der Waals surface area (Å²) in [6.45, 7) is 6.72. The summed E-state index contributed by atoms with van der Waals surface area (Å²) in [7, 11) is 0. The van der Waals surface area contributed by atoms with Gasteiger partial charge < -0.3 is 19.3 Å². The van der Waals surface area contributed by atoms with E-state index in [0.717, 1.165) is 0 Å². The van der Waals surface area contributed by atoms with Gasteiger partial charge >= 0.3 is 23.9 Å². The second kappa shape index (κ2) is 13.1. The van der Waals surface area contributed by atoms with Crippen LogP contribution in [-0.4, -0.2) is 110 Å². The molecule has 0 radical (unpaired) electrons. The number of ether oxygens (including phenoxy) is 3. The number of hydrogen-bond acceptors (Lipinski definition) is 10. The fourth-order valence-electron chi connectivity index (χ4n) is 3.44. The van der Waals surface area contributed by atoms with Crippen molar-refractivity contribution < 1.29 is 38.5 Å². The molecule has 1 aliphatic heterocycles. The zero-order valence-electron chi connectivity index (χ0n) is 18.0. The van der Waals surface area contributed by atoms with Gasteiger partial charge in [0.25, 0.3) is 0 Å². The zero-order valence-corrected chi connectivity index (χ0v) is 18.0. The third kappa shape index (κ3) is 9.51. The maximum Gasteiger partial charge on any atom is 0.320 e. The number of rotatable bonds is 12. The lowest BCUT2D eigenvalue weighted by atomic mass is 9.93. The number of hydrogen-bond donors (Lipinski definition) is 2. The standard InChI is InChI=1S/C19H33N3O8/c1-4-28-16(25)10-20-19(9-15(23)24)13-21(11-17(26)29-5-2)7-8-22(14-19)12-18(27)30-6-3/h20H,4-14H2,1-3H3,(H,23,24). The first-order chi connectivity index (χ1) is 14.2. The summed E-state index contributed by atoms with van der Waals surface area (Å²) in [6, 6.07) is 0. The molecule has 0 amide bonds. The predicted octanol–water partition coefficient (Wildman–Crippen LogP) is -0.904. The number of carboxylic acid groups (broad SMARTS) is 1. The van der Waals surface area contributed by atoms with Gasteiger partial charge in [-0.1, -0.05) is 0 Å². The molecule has 0 unspecified atom stereocenters. The van der Waals surface area contributed by atoms with E-state index in [1.165, 1.54) is 0 Å². The Bertz CT molecular complexity index is 568. The molecular weight excluding hydrogens is 398 g/mol. The molecule has 0 aromatic carbocycles. The molecule has 172 valence electrons. The smallest absolute Gasteiger partial charge is 0.320 e. The molecule has 0 aromatic heterocycles. The summed E-state index contributed by atoms with van der Waals surface area (Å²) in [6.07, 6.45) is -0.314. The van der Waals surface area contributed by atoms with Gasteiger partial charge in [-0.05, 0) is 20.8 Å². The van der Waals surface area contributed by atoms with Crippen LogP contribution < -0.4 is 5.32 Å². The number of nitrogens with zero attached hydrogens (tertiary/aromatic N) is 2. The number of aliphatic carboxylic acids is 1. The Labute approximate surface area is 176 Å². The van der Waals surface area contributed by atoms with Gasteiger partial charge in [-0.25, -0.2) is 0 Å². The van der Waals surface area contributed by atoms with Gasteiger partial charge in [0.05, 0.1) is 51.4 Å². The molecule has 11 nitrogen and oxygen atoms in total. The lowest BCUT2D eigenvalue weighted by Gasteiger charge is -2.37. The Morgan fingerprint density at radius 2 is 1.27 bits per heavy atom. The van der Waals surface area contributed by atoms with Crippen LogP contribution in [0.15, 0.2) is 0 Å². The van der Waals surface area contributed by atoms with Crippen LogP contribution >= 0.6 is 0 Å². The molecular formula is C19H33N3O8. The van der Waals surface area contributed by atoms with Crippen LogP contribution in [0.1, 0.15) is 27.2 Å². The average molecular weight is 431 g/mol. The lowest BCUT2D eigenvalue weighted by Crippen LogP contribution is -2.60. The van der Waals surface area contributed by atoms with E-state index in [4.69, 9.17) is 14.2 Å². The maximum atomic E-state index is 12.0. The van der Waals surface area contributed by atoms with E-state index >= 15 is 0 Å². The molecule has 0 aliphatic carbocycles. The highest BCUT2D eigenvalue weighted by molar-refractivity contribution is 5.73.